The van der Waals surface area contributed by atoms with E-state index in [9.17, 15) is 0 Å². The lowest BCUT2D eigenvalue weighted by molar-refractivity contribution is 0.322. The fourth-order valence-corrected chi connectivity index (χ4v) is 0.478. The van der Waals surface area contributed by atoms with Gasteiger partial charge < -0.3 is 4.74 Å². The van der Waals surface area contributed by atoms with Crippen LogP contribution in [0.2, 0.25) is 0 Å². The van der Waals surface area contributed by atoms with Gasteiger partial charge in [-0.2, -0.15) is 0 Å². The fourth-order valence-electron chi connectivity index (χ4n) is 0.478. The van der Waals surface area contributed by atoms with Crippen molar-refractivity contribution >= 4 is 0 Å². The Bertz CT molecular complexity index is 164. The van der Waals surface area contributed by atoms with Crippen molar-refractivity contribution < 1.29 is 4.74 Å². The van der Waals surface area contributed by atoms with E-state index >= 15 is 0 Å². The summed E-state index contributed by atoms with van der Waals surface area (Å²) in [4.78, 5) is 0. The standard InChI is InChI=1S/C6H7N2O/c1-2-9-6-4-3-5-7-8-6/h3-4H,2H2,1H3. The van der Waals surface area contributed by atoms with Crippen molar-refractivity contribution in [3.05, 3.63) is 18.3 Å². The highest BCUT2D eigenvalue weighted by atomic mass is 16.5. The SMILES string of the molecule is CCOc1cc[c]nn1. The predicted octanol–water partition coefficient (Wildman–Crippen LogP) is 0.675. The molecule has 3 nitrogen and oxygen atoms in total. The van der Waals surface area contributed by atoms with Crippen LogP contribution in [0.5, 0.6) is 5.88 Å². The molecule has 0 aliphatic rings. The molecule has 9 heavy (non-hydrogen) atoms. The Hall–Kier alpha value is -1.12. The molecule has 0 bridgehead atoms. The molecule has 0 N–H and O–H groups in total. The molecule has 0 fully saturated rings. The predicted molar refractivity (Wildman–Crippen MR) is 32.0 cm³/mol. The minimum absolute atomic E-state index is 0.552. The Morgan fingerprint density at radius 2 is 2.67 bits per heavy atom. The maximum Gasteiger partial charge on any atom is 0.233 e. The molecule has 47 valence electrons. The topological polar surface area (TPSA) is 35.0 Å². The summed E-state index contributed by atoms with van der Waals surface area (Å²) < 4.78 is 5.01. The first kappa shape index (κ1) is 6.01. The van der Waals surface area contributed by atoms with Crippen molar-refractivity contribution in [2.45, 2.75) is 6.92 Å². The van der Waals surface area contributed by atoms with Crippen molar-refractivity contribution in [1.29, 1.82) is 0 Å². The van der Waals surface area contributed by atoms with E-state index in [0.29, 0.717) is 12.5 Å². The average Bonchev–Trinajstić information content (AvgIpc) is 1.91. The number of hydrogen-bond donors (Lipinski definition) is 0. The Balaban J connectivity index is 2.61. The molecule has 0 spiro atoms. The summed E-state index contributed by atoms with van der Waals surface area (Å²) in [6, 6.07) is 3.38. The molecule has 1 aromatic heterocycles. The summed E-state index contributed by atoms with van der Waals surface area (Å²) >= 11 is 0. The van der Waals surface area contributed by atoms with Gasteiger partial charge in [0.2, 0.25) is 5.88 Å². The van der Waals surface area contributed by atoms with Gasteiger partial charge in [0.15, 0.2) is 0 Å². The summed E-state index contributed by atoms with van der Waals surface area (Å²) in [6.07, 6.45) is 2.55. The van der Waals surface area contributed by atoms with Crippen LogP contribution in [0, 0.1) is 6.20 Å². The molecule has 0 aliphatic carbocycles. The van der Waals surface area contributed by atoms with Crippen LogP contribution in [0.25, 0.3) is 0 Å². The molecule has 0 atom stereocenters. The van der Waals surface area contributed by atoms with E-state index in [1.54, 1.807) is 12.1 Å². The van der Waals surface area contributed by atoms with Crippen LogP contribution < -0.4 is 4.74 Å². The monoisotopic (exact) mass is 123 g/mol. The van der Waals surface area contributed by atoms with Crippen LogP contribution in [-0.4, -0.2) is 16.8 Å². The zero-order valence-electron chi connectivity index (χ0n) is 5.16. The lowest BCUT2D eigenvalue weighted by Crippen LogP contribution is -1.94. The first-order chi connectivity index (χ1) is 4.43. The van der Waals surface area contributed by atoms with Crippen LogP contribution in [0.4, 0.5) is 0 Å². The third-order valence-electron chi connectivity index (χ3n) is 0.799. The Kier molecular flexibility index (Phi) is 2.01. The highest BCUT2D eigenvalue weighted by molar-refractivity contribution is 5.04. The summed E-state index contributed by atoms with van der Waals surface area (Å²) in [6.45, 7) is 2.52. The number of rotatable bonds is 2. The minimum Gasteiger partial charge on any atom is -0.477 e. The Morgan fingerprint density at radius 1 is 1.78 bits per heavy atom. The summed E-state index contributed by atoms with van der Waals surface area (Å²) in [5, 5.41) is 7.14. The van der Waals surface area contributed by atoms with Crippen LogP contribution in [0.1, 0.15) is 6.92 Å². The summed E-state index contributed by atoms with van der Waals surface area (Å²) in [5.41, 5.74) is 0. The summed E-state index contributed by atoms with van der Waals surface area (Å²) in [5.74, 6) is 0.552. The van der Waals surface area contributed by atoms with Gasteiger partial charge >= 0.3 is 0 Å². The maximum absolute atomic E-state index is 5.01. The average molecular weight is 123 g/mol. The third kappa shape index (κ3) is 1.68. The van der Waals surface area contributed by atoms with Gasteiger partial charge in [0, 0.05) is 6.07 Å². The van der Waals surface area contributed by atoms with E-state index < -0.39 is 0 Å². The van der Waals surface area contributed by atoms with Crippen LogP contribution in [0.3, 0.4) is 0 Å². The number of ether oxygens (including phenoxy) is 1. The van der Waals surface area contributed by atoms with Crippen LogP contribution in [0.15, 0.2) is 12.1 Å². The Labute approximate surface area is 53.7 Å². The summed E-state index contributed by atoms with van der Waals surface area (Å²) in [7, 11) is 0. The first-order valence-corrected chi connectivity index (χ1v) is 2.76. The molecule has 1 heterocycles. The quantitative estimate of drug-likeness (QED) is 0.580. The van der Waals surface area contributed by atoms with Crippen molar-refractivity contribution in [2.75, 3.05) is 6.61 Å². The zero-order chi connectivity index (χ0) is 6.53. The molecular weight excluding hydrogens is 116 g/mol. The minimum atomic E-state index is 0.552. The number of nitrogens with zero attached hydrogens (tertiary/aromatic N) is 2. The largest absolute Gasteiger partial charge is 0.477 e. The van der Waals surface area contributed by atoms with Gasteiger partial charge in [-0.05, 0) is 13.0 Å². The van der Waals surface area contributed by atoms with E-state index in [1.807, 2.05) is 6.92 Å². The van der Waals surface area contributed by atoms with E-state index in [1.165, 1.54) is 0 Å². The van der Waals surface area contributed by atoms with Gasteiger partial charge in [-0.25, -0.2) is 0 Å². The highest BCUT2D eigenvalue weighted by Gasteiger charge is 1.87. The molecule has 0 amide bonds. The van der Waals surface area contributed by atoms with Crippen molar-refractivity contribution in [3.8, 4) is 5.88 Å². The Morgan fingerprint density at radius 3 is 3.22 bits per heavy atom. The molecule has 1 radical (unpaired) electrons. The zero-order valence-corrected chi connectivity index (χ0v) is 5.16. The lowest BCUT2D eigenvalue weighted by atomic mass is 10.6. The molecule has 0 unspecified atom stereocenters. The van der Waals surface area contributed by atoms with Crippen LogP contribution in [-0.2, 0) is 0 Å². The van der Waals surface area contributed by atoms with E-state index in [-0.39, 0.29) is 0 Å². The van der Waals surface area contributed by atoms with E-state index in [4.69, 9.17) is 4.74 Å². The molecule has 0 aliphatic heterocycles. The molecular formula is C6H7N2O. The van der Waals surface area contributed by atoms with Crippen molar-refractivity contribution in [3.63, 3.8) is 0 Å². The van der Waals surface area contributed by atoms with Gasteiger partial charge in [-0.3, -0.25) is 0 Å². The van der Waals surface area contributed by atoms with Gasteiger partial charge in [-0.1, -0.05) is 0 Å². The first-order valence-electron chi connectivity index (χ1n) is 2.76. The normalized spacial score (nSPS) is 9.00. The second-order valence-corrected chi connectivity index (χ2v) is 1.43. The second-order valence-electron chi connectivity index (χ2n) is 1.43. The lowest BCUT2D eigenvalue weighted by Gasteiger charge is -1.96. The molecule has 3 heteroatoms. The molecule has 0 saturated heterocycles. The van der Waals surface area contributed by atoms with Gasteiger partial charge in [0.25, 0.3) is 0 Å². The van der Waals surface area contributed by atoms with Gasteiger partial charge in [-0.15, -0.1) is 10.2 Å². The third-order valence-corrected chi connectivity index (χ3v) is 0.799. The molecule has 0 saturated carbocycles. The van der Waals surface area contributed by atoms with Crippen molar-refractivity contribution in [2.24, 2.45) is 0 Å². The maximum atomic E-state index is 5.01. The van der Waals surface area contributed by atoms with Crippen LogP contribution >= 0.6 is 0 Å². The number of aromatic nitrogens is 2. The molecule has 0 aromatic carbocycles. The van der Waals surface area contributed by atoms with E-state index in [0.717, 1.165) is 0 Å². The van der Waals surface area contributed by atoms with Gasteiger partial charge in [0.05, 0.1) is 6.61 Å². The molecule has 1 aromatic rings. The smallest absolute Gasteiger partial charge is 0.233 e. The number of hydrogen-bond acceptors (Lipinski definition) is 3. The molecule has 1 rings (SSSR count). The second kappa shape index (κ2) is 3.02. The van der Waals surface area contributed by atoms with Crippen molar-refractivity contribution in [1.82, 2.24) is 10.2 Å². The highest BCUT2D eigenvalue weighted by Crippen LogP contribution is 1.99. The fraction of sp³-hybridized carbons (Fsp3) is 0.333. The van der Waals surface area contributed by atoms with E-state index in [2.05, 4.69) is 16.4 Å². The van der Waals surface area contributed by atoms with Gasteiger partial charge in [0.1, 0.15) is 6.20 Å².